The third-order valence-corrected chi connectivity index (χ3v) is 17.4. The highest BCUT2D eigenvalue weighted by atomic mass is 16.8. The second-order valence-electron chi connectivity index (χ2n) is 20.7. The van der Waals surface area contributed by atoms with Crippen LogP contribution in [-0.4, -0.2) is 169 Å². The summed E-state index contributed by atoms with van der Waals surface area (Å²) in [5.41, 5.74) is 1.55. The van der Waals surface area contributed by atoms with Gasteiger partial charge in [-0.15, -0.1) is 0 Å². The molecular weight excluding hydrogens is 800 g/mol. The zero-order valence-electron chi connectivity index (χ0n) is 35.9. The highest BCUT2D eigenvalue weighted by Gasteiger charge is 2.69. The van der Waals surface area contributed by atoms with Gasteiger partial charge in [-0.2, -0.15) is 0 Å². The number of hydrogen-bond donors (Lipinski definition) is 9. The molecule has 9 N–H and O–H groups in total. The van der Waals surface area contributed by atoms with Gasteiger partial charge in [0.15, 0.2) is 30.9 Å². The molecule has 0 amide bonds. The van der Waals surface area contributed by atoms with Gasteiger partial charge in [0.2, 0.25) is 0 Å². The average Bonchev–Trinajstić information content (AvgIpc) is 3.68. The van der Waals surface area contributed by atoms with Gasteiger partial charge in [0.25, 0.3) is 0 Å². The van der Waals surface area contributed by atoms with Crippen molar-refractivity contribution >= 4 is 0 Å². The van der Waals surface area contributed by atoms with E-state index in [2.05, 4.69) is 33.8 Å². The van der Waals surface area contributed by atoms with Crippen molar-refractivity contribution in [3.63, 3.8) is 0 Å². The van der Waals surface area contributed by atoms with Crippen LogP contribution in [0.1, 0.15) is 92.4 Å². The molecule has 0 aromatic rings. The lowest BCUT2D eigenvalue weighted by Crippen LogP contribution is -2.66. The van der Waals surface area contributed by atoms with Crippen LogP contribution in [0.15, 0.2) is 11.6 Å². The molecule has 26 atom stereocenters. The largest absolute Gasteiger partial charge is 0.394 e. The topological polar surface area (TPSA) is 256 Å². The number of hydrogen-bond acceptors (Lipinski definition) is 17. The van der Waals surface area contributed by atoms with E-state index < -0.39 is 105 Å². The molecule has 0 aromatic carbocycles. The Morgan fingerprint density at radius 1 is 0.705 bits per heavy atom. The Hall–Kier alpha value is -0.940. The predicted molar refractivity (Wildman–Crippen MR) is 209 cm³/mol. The Kier molecular flexibility index (Phi) is 12.4. The van der Waals surface area contributed by atoms with E-state index in [0.29, 0.717) is 48.3 Å². The summed E-state index contributed by atoms with van der Waals surface area (Å²) in [6.45, 7) is 11.2. The molecule has 17 nitrogen and oxygen atoms in total. The van der Waals surface area contributed by atoms with Crippen LogP contribution in [0.4, 0.5) is 0 Å². The van der Waals surface area contributed by atoms with Gasteiger partial charge >= 0.3 is 0 Å². The molecule has 1 spiro atoms. The molecule has 0 unspecified atom stereocenters. The van der Waals surface area contributed by atoms with Gasteiger partial charge in [-0.1, -0.05) is 39.3 Å². The molecule has 5 heterocycles. The molecule has 9 rings (SSSR count). The summed E-state index contributed by atoms with van der Waals surface area (Å²) >= 11 is 0. The summed E-state index contributed by atoms with van der Waals surface area (Å²) in [6.07, 6.45) is -13.3. The van der Waals surface area contributed by atoms with Crippen LogP contribution in [0.25, 0.3) is 0 Å². The van der Waals surface area contributed by atoms with Gasteiger partial charge in [0.1, 0.15) is 61.0 Å². The molecule has 9 aliphatic rings. The molecular formula is C44H70O17. The second kappa shape index (κ2) is 16.7. The van der Waals surface area contributed by atoms with Crippen molar-refractivity contribution < 1.29 is 83.9 Å². The normalized spacial score (nSPS) is 58.4. The van der Waals surface area contributed by atoms with Gasteiger partial charge in [0.05, 0.1) is 31.5 Å². The molecule has 3 saturated carbocycles. The number of rotatable bonds is 7. The molecule has 0 bridgehead atoms. The monoisotopic (exact) mass is 870 g/mol. The van der Waals surface area contributed by atoms with Crippen LogP contribution in [0.2, 0.25) is 0 Å². The van der Waals surface area contributed by atoms with Crippen molar-refractivity contribution in [2.75, 3.05) is 13.2 Å². The maximum atomic E-state index is 11.7. The molecule has 61 heavy (non-hydrogen) atoms. The second-order valence-corrected chi connectivity index (χ2v) is 20.7. The minimum absolute atomic E-state index is 0.00510. The van der Waals surface area contributed by atoms with Gasteiger partial charge in [-0.05, 0) is 98.7 Å². The Balaban J connectivity index is 0.872. The minimum atomic E-state index is -1.96. The maximum Gasteiger partial charge on any atom is 0.189 e. The van der Waals surface area contributed by atoms with Crippen LogP contribution in [-0.2, 0) is 37.9 Å². The van der Waals surface area contributed by atoms with Crippen molar-refractivity contribution in [3.05, 3.63) is 11.6 Å². The fraction of sp³-hybridized carbons (Fsp3) is 0.955. The summed E-state index contributed by atoms with van der Waals surface area (Å²) in [4.78, 5) is 0. The molecule has 4 aliphatic carbocycles. The number of aliphatic hydroxyl groups is 9. The fourth-order valence-electron chi connectivity index (χ4n) is 13.8. The van der Waals surface area contributed by atoms with E-state index in [0.717, 1.165) is 45.1 Å². The molecule has 0 aromatic heterocycles. The van der Waals surface area contributed by atoms with E-state index in [1.54, 1.807) is 0 Å². The van der Waals surface area contributed by atoms with Crippen molar-refractivity contribution in [2.24, 2.45) is 46.3 Å². The van der Waals surface area contributed by atoms with E-state index in [9.17, 15) is 46.0 Å². The van der Waals surface area contributed by atoms with Crippen LogP contribution in [0, 0.1) is 46.3 Å². The first-order valence-electron chi connectivity index (χ1n) is 22.9. The zero-order valence-corrected chi connectivity index (χ0v) is 35.9. The Labute approximate surface area is 357 Å². The van der Waals surface area contributed by atoms with Crippen LogP contribution >= 0.6 is 0 Å². The standard InChI is InChI=1S/C44H70O17/c1-18-8-13-44(54-17-18)19(2)28-26(61-44)15-25-23-7-6-21-14-22(9-11-42(21,4)24(23)10-12-43(25,28)5)56-40-35(52)36(30(47)27(16-45)57-40)58-41-37(32(49)29(46)20(3)55-41)59-39-34(51)31(48)33(50)38(53)60-39/h6,18-20,22-41,45-53H,7-17H2,1-5H3/t18-,19+,20+,22+,23-,24+,25+,26+,27-,28+,29+,30-,31-,32-,33-,34-,35-,36+,37-,38-,39-,40-,41+,42+,43+,44-/m1/s1. The first-order chi connectivity index (χ1) is 28.9. The van der Waals surface area contributed by atoms with Crippen molar-refractivity contribution in [2.45, 2.75) is 203 Å². The first-order valence-corrected chi connectivity index (χ1v) is 22.9. The third kappa shape index (κ3) is 7.41. The lowest BCUT2D eigenvalue weighted by molar-refractivity contribution is -0.398. The lowest BCUT2D eigenvalue weighted by Gasteiger charge is -2.58. The quantitative estimate of drug-likeness (QED) is 0.155. The lowest BCUT2D eigenvalue weighted by atomic mass is 9.47. The van der Waals surface area contributed by atoms with E-state index in [1.165, 1.54) is 18.9 Å². The van der Waals surface area contributed by atoms with Crippen LogP contribution in [0.3, 0.4) is 0 Å². The number of aliphatic hydroxyl groups excluding tert-OH is 9. The summed E-state index contributed by atoms with van der Waals surface area (Å²) in [6, 6.07) is 0. The predicted octanol–water partition coefficient (Wildman–Crippen LogP) is 0.172. The van der Waals surface area contributed by atoms with Crippen LogP contribution < -0.4 is 0 Å². The van der Waals surface area contributed by atoms with E-state index in [-0.39, 0.29) is 23.0 Å². The highest BCUT2D eigenvalue weighted by molar-refractivity contribution is 5.26. The van der Waals surface area contributed by atoms with Crippen molar-refractivity contribution in [1.29, 1.82) is 0 Å². The first kappa shape index (κ1) is 45.2. The number of ether oxygens (including phenoxy) is 8. The highest BCUT2D eigenvalue weighted by Crippen LogP contribution is 2.70. The number of allylic oxidation sites excluding steroid dienone is 1. The van der Waals surface area contributed by atoms with Gasteiger partial charge < -0.3 is 83.9 Å². The molecule has 17 heteroatoms. The zero-order chi connectivity index (χ0) is 43.5. The Bertz CT molecular complexity index is 1590. The minimum Gasteiger partial charge on any atom is -0.394 e. The molecule has 5 aliphatic heterocycles. The van der Waals surface area contributed by atoms with Crippen molar-refractivity contribution in [1.82, 2.24) is 0 Å². The summed E-state index contributed by atoms with van der Waals surface area (Å²) in [5, 5.41) is 95.8. The maximum absolute atomic E-state index is 11.7. The van der Waals surface area contributed by atoms with Gasteiger partial charge in [-0.3, -0.25) is 0 Å². The Morgan fingerprint density at radius 2 is 1.44 bits per heavy atom. The van der Waals surface area contributed by atoms with E-state index >= 15 is 0 Å². The van der Waals surface area contributed by atoms with Crippen LogP contribution in [0.5, 0.6) is 0 Å². The van der Waals surface area contributed by atoms with Gasteiger partial charge in [0, 0.05) is 12.3 Å². The molecule has 348 valence electrons. The smallest absolute Gasteiger partial charge is 0.189 e. The van der Waals surface area contributed by atoms with E-state index in [1.807, 2.05) is 0 Å². The molecule has 8 fully saturated rings. The summed E-state index contributed by atoms with van der Waals surface area (Å²) in [7, 11) is 0. The van der Waals surface area contributed by atoms with Gasteiger partial charge in [-0.25, -0.2) is 0 Å². The number of fused-ring (bicyclic) bond motifs is 7. The summed E-state index contributed by atoms with van der Waals surface area (Å²) in [5.74, 6) is 2.66. The fourth-order valence-corrected chi connectivity index (χ4v) is 13.8. The third-order valence-electron chi connectivity index (χ3n) is 17.4. The SMILES string of the molecule is C[C@@H]1CC[C@@]2(OC1)O[C@H]1C[C@H]3[C@@H]4CC=C5C[C@@H](O[C@@H]6O[C@H](CO)[C@@H](O)[C@H](O[C@@H]7O[C@@H](C)[C@H](O)[C@@H](O)[C@H]7O[C@@H]7O[C@@H](O)[C@H](O)[C@@H](O)[C@H]7O)[C@H]6O)CC[C@]5(C)[C@H]4CC[C@]3(C)[C@H]1[C@@H]2C. The summed E-state index contributed by atoms with van der Waals surface area (Å²) < 4.78 is 48.7. The van der Waals surface area contributed by atoms with Crippen molar-refractivity contribution in [3.8, 4) is 0 Å². The average molecular weight is 871 g/mol. The Morgan fingerprint density at radius 3 is 2.16 bits per heavy atom. The van der Waals surface area contributed by atoms with E-state index in [4.69, 9.17) is 37.9 Å². The molecule has 0 radical (unpaired) electrons. The molecule has 5 saturated heterocycles.